The molecule has 2 aliphatic rings. The van der Waals surface area contributed by atoms with Gasteiger partial charge in [0.15, 0.2) is 18.2 Å². The summed E-state index contributed by atoms with van der Waals surface area (Å²) in [5.41, 5.74) is 3.12. The van der Waals surface area contributed by atoms with E-state index in [1.807, 2.05) is 30.6 Å². The highest BCUT2D eigenvalue weighted by Gasteiger charge is 2.32. The molecule has 0 spiro atoms. The van der Waals surface area contributed by atoms with Crippen LogP contribution in [0.15, 0.2) is 34.1 Å². The van der Waals surface area contributed by atoms with E-state index < -0.39 is 0 Å². The molecular weight excluding hydrogens is 190 g/mol. The number of hydrogen-bond donors (Lipinski definition) is 0. The average molecular weight is 197 g/mol. The van der Waals surface area contributed by atoms with Crippen molar-refractivity contribution in [3.63, 3.8) is 0 Å². The van der Waals surface area contributed by atoms with Crippen molar-refractivity contribution in [2.75, 3.05) is 0 Å². The van der Waals surface area contributed by atoms with Crippen LogP contribution in [0.25, 0.3) is 11.8 Å². The Bertz CT molecular complexity index is 603. The molecule has 72 valence electrons. The van der Waals surface area contributed by atoms with Gasteiger partial charge in [-0.2, -0.15) is 0 Å². The summed E-state index contributed by atoms with van der Waals surface area (Å²) in [6.45, 7) is 0. The van der Waals surface area contributed by atoms with E-state index >= 15 is 0 Å². The van der Waals surface area contributed by atoms with Crippen molar-refractivity contribution >= 4 is 18.0 Å². The van der Waals surface area contributed by atoms with Crippen LogP contribution >= 0.6 is 0 Å². The van der Waals surface area contributed by atoms with Gasteiger partial charge in [0, 0.05) is 12.4 Å². The van der Waals surface area contributed by atoms with Gasteiger partial charge < -0.3 is 8.98 Å². The highest BCUT2D eigenvalue weighted by atomic mass is 16.3. The second kappa shape index (κ2) is 2.28. The quantitative estimate of drug-likeness (QED) is 0.648. The van der Waals surface area contributed by atoms with E-state index in [-0.39, 0.29) is 6.04 Å². The van der Waals surface area contributed by atoms with Crippen molar-refractivity contribution < 1.29 is 4.42 Å². The van der Waals surface area contributed by atoms with Gasteiger partial charge in [-0.1, -0.05) is 0 Å². The molecule has 1 aliphatic carbocycles. The minimum Gasteiger partial charge on any atom is -0.445 e. The van der Waals surface area contributed by atoms with E-state index in [0.717, 1.165) is 22.8 Å². The van der Waals surface area contributed by atoms with Crippen LogP contribution in [-0.2, 0) is 0 Å². The Balaban J connectivity index is 2.02. The minimum atomic E-state index is -0.0117. The lowest BCUT2D eigenvalue weighted by Crippen LogP contribution is -2.10. The van der Waals surface area contributed by atoms with Crippen molar-refractivity contribution in [2.45, 2.75) is 6.04 Å². The lowest BCUT2D eigenvalue weighted by atomic mass is 10.2. The zero-order valence-corrected chi connectivity index (χ0v) is 7.79. The first-order valence-corrected chi connectivity index (χ1v) is 4.79. The SMILES string of the molecule is C1=NC2C(=Cc3ncoc32)n2cccc21. The molecule has 0 amide bonds. The summed E-state index contributed by atoms with van der Waals surface area (Å²) in [6.07, 6.45) is 7.41. The zero-order valence-electron chi connectivity index (χ0n) is 7.79. The molecule has 0 N–H and O–H groups in total. The second-order valence-electron chi connectivity index (χ2n) is 3.65. The largest absolute Gasteiger partial charge is 0.445 e. The molecule has 4 heteroatoms. The van der Waals surface area contributed by atoms with Gasteiger partial charge in [-0.05, 0) is 18.2 Å². The molecule has 0 saturated heterocycles. The highest BCUT2D eigenvalue weighted by molar-refractivity contribution is 5.90. The average Bonchev–Trinajstić information content (AvgIpc) is 2.90. The van der Waals surface area contributed by atoms with Gasteiger partial charge in [-0.15, -0.1) is 0 Å². The summed E-state index contributed by atoms with van der Waals surface area (Å²) in [4.78, 5) is 8.62. The molecule has 2 aromatic rings. The molecule has 0 fully saturated rings. The number of oxazole rings is 1. The number of aromatic nitrogens is 2. The summed E-state index contributed by atoms with van der Waals surface area (Å²) in [5, 5.41) is 0. The van der Waals surface area contributed by atoms with E-state index in [0.29, 0.717) is 0 Å². The third-order valence-electron chi connectivity index (χ3n) is 2.85. The van der Waals surface area contributed by atoms with Crippen molar-refractivity contribution in [1.29, 1.82) is 0 Å². The normalized spacial score (nSPS) is 20.8. The molecule has 2 aromatic heterocycles. The topological polar surface area (TPSA) is 43.3 Å². The fraction of sp³-hybridized carbons (Fsp3) is 0.0909. The molecule has 1 aliphatic heterocycles. The molecule has 0 bridgehead atoms. The molecule has 3 heterocycles. The van der Waals surface area contributed by atoms with E-state index in [4.69, 9.17) is 4.42 Å². The minimum absolute atomic E-state index is 0.0117. The molecule has 0 radical (unpaired) electrons. The molecule has 15 heavy (non-hydrogen) atoms. The zero-order chi connectivity index (χ0) is 9.83. The summed E-state index contributed by atoms with van der Waals surface area (Å²) >= 11 is 0. The Labute approximate surface area is 85.6 Å². The number of rotatable bonds is 0. The van der Waals surface area contributed by atoms with Crippen LogP contribution in [0.4, 0.5) is 0 Å². The first kappa shape index (κ1) is 7.23. The smallest absolute Gasteiger partial charge is 0.181 e. The predicted octanol–water partition coefficient (Wildman–Crippen LogP) is 1.96. The number of nitrogens with zero attached hydrogens (tertiary/aromatic N) is 3. The van der Waals surface area contributed by atoms with Crippen LogP contribution in [0.5, 0.6) is 0 Å². The van der Waals surface area contributed by atoms with Gasteiger partial charge in [0.05, 0.1) is 11.4 Å². The van der Waals surface area contributed by atoms with Crippen LogP contribution in [0.1, 0.15) is 23.2 Å². The van der Waals surface area contributed by atoms with Crippen molar-refractivity contribution in [2.24, 2.45) is 4.99 Å². The van der Waals surface area contributed by atoms with Crippen LogP contribution in [0.3, 0.4) is 0 Å². The van der Waals surface area contributed by atoms with Crippen LogP contribution in [0.2, 0.25) is 0 Å². The fourth-order valence-corrected chi connectivity index (χ4v) is 2.16. The van der Waals surface area contributed by atoms with Crippen molar-refractivity contribution in [3.05, 3.63) is 41.9 Å². The highest BCUT2D eigenvalue weighted by Crippen LogP contribution is 2.41. The second-order valence-corrected chi connectivity index (χ2v) is 3.65. The number of aliphatic imine (C=N–C) groups is 1. The van der Waals surface area contributed by atoms with Crippen molar-refractivity contribution in [3.8, 4) is 0 Å². The van der Waals surface area contributed by atoms with Gasteiger partial charge in [0.25, 0.3) is 0 Å². The van der Waals surface area contributed by atoms with E-state index in [2.05, 4.69) is 14.5 Å². The van der Waals surface area contributed by atoms with E-state index in [1.165, 1.54) is 6.39 Å². The third-order valence-corrected chi connectivity index (χ3v) is 2.85. The fourth-order valence-electron chi connectivity index (χ4n) is 2.16. The lowest BCUT2D eigenvalue weighted by Gasteiger charge is -2.17. The third kappa shape index (κ3) is 0.771. The van der Waals surface area contributed by atoms with E-state index in [9.17, 15) is 0 Å². The maximum atomic E-state index is 5.35. The first-order valence-electron chi connectivity index (χ1n) is 4.79. The Hall–Kier alpha value is -2.10. The van der Waals surface area contributed by atoms with Gasteiger partial charge in [0.2, 0.25) is 0 Å². The van der Waals surface area contributed by atoms with Crippen LogP contribution in [-0.4, -0.2) is 15.8 Å². The van der Waals surface area contributed by atoms with Gasteiger partial charge in [0.1, 0.15) is 5.69 Å². The molecule has 4 nitrogen and oxygen atoms in total. The molecular formula is C11H7N3O. The molecule has 4 rings (SSSR count). The van der Waals surface area contributed by atoms with Gasteiger partial charge >= 0.3 is 0 Å². The number of hydrogen-bond acceptors (Lipinski definition) is 3. The summed E-state index contributed by atoms with van der Waals surface area (Å²) < 4.78 is 7.47. The van der Waals surface area contributed by atoms with Gasteiger partial charge in [-0.3, -0.25) is 4.99 Å². The first-order chi connectivity index (χ1) is 7.43. The molecule has 1 atom stereocenters. The Kier molecular flexibility index (Phi) is 1.10. The van der Waals surface area contributed by atoms with Crippen molar-refractivity contribution in [1.82, 2.24) is 9.55 Å². The Morgan fingerprint density at radius 1 is 1.40 bits per heavy atom. The maximum absolute atomic E-state index is 5.35. The number of fused-ring (bicyclic) bond motifs is 5. The molecule has 0 aromatic carbocycles. The molecule has 1 unspecified atom stereocenters. The van der Waals surface area contributed by atoms with Gasteiger partial charge in [-0.25, -0.2) is 4.98 Å². The Morgan fingerprint density at radius 3 is 3.40 bits per heavy atom. The predicted molar refractivity (Wildman–Crippen MR) is 55.4 cm³/mol. The lowest BCUT2D eigenvalue weighted by molar-refractivity contribution is 0.491. The molecule has 0 saturated carbocycles. The van der Waals surface area contributed by atoms with Crippen LogP contribution in [0, 0.1) is 0 Å². The monoisotopic (exact) mass is 197 g/mol. The summed E-state index contributed by atoms with van der Waals surface area (Å²) in [5.74, 6) is 0.848. The Morgan fingerprint density at radius 2 is 2.40 bits per heavy atom. The summed E-state index contributed by atoms with van der Waals surface area (Å²) in [7, 11) is 0. The standard InChI is InChI=1S/C11H7N3O/c1-2-7-5-12-10-9(14(7)3-1)4-8-11(10)15-6-13-8/h1-6,10H. The van der Waals surface area contributed by atoms with E-state index in [1.54, 1.807) is 0 Å². The summed E-state index contributed by atoms with van der Waals surface area (Å²) in [6, 6.07) is 4.04. The maximum Gasteiger partial charge on any atom is 0.181 e. The van der Waals surface area contributed by atoms with Crippen LogP contribution < -0.4 is 0 Å².